The highest BCUT2D eigenvalue weighted by molar-refractivity contribution is 5.76. The molecule has 4 N–H and O–H groups in total. The van der Waals surface area contributed by atoms with Gasteiger partial charge in [0.05, 0.1) is 24.2 Å². The molecule has 0 aliphatic rings. The Balaban J connectivity index is 2.59. The minimum absolute atomic E-state index is 0.276. The van der Waals surface area contributed by atoms with Crippen molar-refractivity contribution in [2.45, 2.75) is 0 Å². The minimum Gasteiger partial charge on any atom is -0.480 e. The second-order valence-electron chi connectivity index (χ2n) is 3.54. The van der Waals surface area contributed by atoms with E-state index in [2.05, 4.69) is 4.98 Å². The van der Waals surface area contributed by atoms with E-state index in [1.165, 1.54) is 19.2 Å². The largest absolute Gasteiger partial charge is 0.480 e. The summed E-state index contributed by atoms with van der Waals surface area (Å²) in [7, 11) is 1.46. The first-order chi connectivity index (χ1) is 8.11. The summed E-state index contributed by atoms with van der Waals surface area (Å²) in [4.78, 5) is 4.16. The maximum atomic E-state index is 13.1. The van der Waals surface area contributed by atoms with Crippen molar-refractivity contribution in [1.29, 1.82) is 0 Å². The first kappa shape index (κ1) is 11.2. The molecule has 88 valence electrons. The number of nitrogen functional groups attached to an aromatic ring is 2. The molecule has 0 radical (unpaired) electrons. The monoisotopic (exact) mass is 233 g/mol. The van der Waals surface area contributed by atoms with Crippen molar-refractivity contribution in [3.63, 3.8) is 0 Å². The standard InChI is InChI=1S/C12H12FN3O/c1-17-12-10(15)6-9(14)11(16-12)7-3-2-4-8(13)5-7/h2-6H,14-15H2,1H3. The molecule has 0 aliphatic heterocycles. The minimum atomic E-state index is -0.348. The summed E-state index contributed by atoms with van der Waals surface area (Å²) in [6.45, 7) is 0. The molecule has 2 rings (SSSR count). The van der Waals surface area contributed by atoms with Gasteiger partial charge < -0.3 is 16.2 Å². The summed E-state index contributed by atoms with van der Waals surface area (Å²) < 4.78 is 18.1. The average molecular weight is 233 g/mol. The van der Waals surface area contributed by atoms with Crippen LogP contribution in [0, 0.1) is 5.82 Å². The van der Waals surface area contributed by atoms with Crippen LogP contribution in [-0.4, -0.2) is 12.1 Å². The summed E-state index contributed by atoms with van der Waals surface area (Å²) in [5, 5.41) is 0. The van der Waals surface area contributed by atoms with Crippen molar-refractivity contribution < 1.29 is 9.13 Å². The van der Waals surface area contributed by atoms with Gasteiger partial charge >= 0.3 is 0 Å². The Hall–Kier alpha value is -2.30. The Labute approximate surface area is 98.0 Å². The number of pyridine rings is 1. The molecule has 0 aliphatic carbocycles. The second kappa shape index (κ2) is 4.29. The molecule has 1 aromatic heterocycles. The molecule has 4 nitrogen and oxygen atoms in total. The zero-order chi connectivity index (χ0) is 12.4. The highest BCUT2D eigenvalue weighted by Crippen LogP contribution is 2.30. The molecule has 5 heteroatoms. The summed E-state index contributed by atoms with van der Waals surface area (Å²) in [6, 6.07) is 7.57. The first-order valence-corrected chi connectivity index (χ1v) is 4.97. The molecule has 1 aromatic carbocycles. The van der Waals surface area contributed by atoms with Crippen molar-refractivity contribution in [2.75, 3.05) is 18.6 Å². The van der Waals surface area contributed by atoms with Crippen LogP contribution in [-0.2, 0) is 0 Å². The Morgan fingerprint density at radius 2 is 1.94 bits per heavy atom. The molecule has 0 amide bonds. The van der Waals surface area contributed by atoms with Crippen LogP contribution in [0.4, 0.5) is 15.8 Å². The maximum Gasteiger partial charge on any atom is 0.237 e. The number of ether oxygens (including phenoxy) is 1. The van der Waals surface area contributed by atoms with Crippen LogP contribution in [0.2, 0.25) is 0 Å². The van der Waals surface area contributed by atoms with Gasteiger partial charge in [-0.15, -0.1) is 0 Å². The summed E-state index contributed by atoms with van der Waals surface area (Å²) in [5.41, 5.74) is 13.2. The van der Waals surface area contributed by atoms with Crippen molar-refractivity contribution in [3.8, 4) is 17.1 Å². The van der Waals surface area contributed by atoms with E-state index >= 15 is 0 Å². The van der Waals surface area contributed by atoms with Gasteiger partial charge in [0.2, 0.25) is 5.88 Å². The Kier molecular flexibility index (Phi) is 2.82. The number of nitrogens with two attached hydrogens (primary N) is 2. The molecular weight excluding hydrogens is 221 g/mol. The van der Waals surface area contributed by atoms with Crippen LogP contribution < -0.4 is 16.2 Å². The summed E-state index contributed by atoms with van der Waals surface area (Å²) >= 11 is 0. The Morgan fingerprint density at radius 3 is 2.59 bits per heavy atom. The zero-order valence-corrected chi connectivity index (χ0v) is 9.27. The number of hydrogen-bond acceptors (Lipinski definition) is 4. The maximum absolute atomic E-state index is 13.1. The van der Waals surface area contributed by atoms with Gasteiger partial charge in [-0.2, -0.15) is 0 Å². The lowest BCUT2D eigenvalue weighted by Gasteiger charge is -2.09. The van der Waals surface area contributed by atoms with E-state index in [-0.39, 0.29) is 11.7 Å². The summed E-state index contributed by atoms with van der Waals surface area (Å²) in [6.07, 6.45) is 0. The number of rotatable bonds is 2. The van der Waals surface area contributed by atoms with E-state index in [9.17, 15) is 4.39 Å². The number of hydrogen-bond donors (Lipinski definition) is 2. The number of benzene rings is 1. The Morgan fingerprint density at radius 1 is 1.18 bits per heavy atom. The number of halogens is 1. The van der Waals surface area contributed by atoms with Crippen LogP contribution in [0.25, 0.3) is 11.3 Å². The first-order valence-electron chi connectivity index (χ1n) is 4.97. The van der Waals surface area contributed by atoms with Crippen molar-refractivity contribution in [2.24, 2.45) is 0 Å². The van der Waals surface area contributed by atoms with Gasteiger partial charge in [-0.05, 0) is 18.2 Å². The quantitative estimate of drug-likeness (QED) is 0.832. The summed E-state index contributed by atoms with van der Waals surface area (Å²) in [5.74, 6) is -0.0713. The van der Waals surface area contributed by atoms with Gasteiger partial charge in [-0.25, -0.2) is 9.37 Å². The van der Waals surface area contributed by atoms with E-state index in [0.29, 0.717) is 22.6 Å². The van der Waals surface area contributed by atoms with Crippen LogP contribution >= 0.6 is 0 Å². The van der Waals surface area contributed by atoms with E-state index < -0.39 is 0 Å². The third-order valence-corrected chi connectivity index (χ3v) is 2.34. The van der Waals surface area contributed by atoms with Crippen molar-refractivity contribution in [1.82, 2.24) is 4.98 Å². The average Bonchev–Trinajstić information content (AvgIpc) is 2.29. The number of anilines is 2. The van der Waals surface area contributed by atoms with E-state index in [1.807, 2.05) is 0 Å². The molecule has 0 fully saturated rings. The van der Waals surface area contributed by atoms with Gasteiger partial charge in [0, 0.05) is 5.56 Å². The molecule has 0 bridgehead atoms. The molecule has 2 aromatic rings. The third-order valence-electron chi connectivity index (χ3n) is 2.34. The van der Waals surface area contributed by atoms with E-state index in [4.69, 9.17) is 16.2 Å². The Bertz CT molecular complexity index is 557. The highest BCUT2D eigenvalue weighted by atomic mass is 19.1. The lowest BCUT2D eigenvalue weighted by molar-refractivity contribution is 0.401. The molecule has 0 atom stereocenters. The molecule has 0 spiro atoms. The fraction of sp³-hybridized carbons (Fsp3) is 0.0833. The van der Waals surface area contributed by atoms with Gasteiger partial charge in [-0.1, -0.05) is 12.1 Å². The molecule has 1 heterocycles. The third kappa shape index (κ3) is 2.13. The molecule has 0 unspecified atom stereocenters. The second-order valence-corrected chi connectivity index (χ2v) is 3.54. The van der Waals surface area contributed by atoms with Crippen molar-refractivity contribution >= 4 is 11.4 Å². The molecule has 0 saturated heterocycles. The lowest BCUT2D eigenvalue weighted by Crippen LogP contribution is -2.01. The van der Waals surface area contributed by atoms with Gasteiger partial charge in [-0.3, -0.25) is 0 Å². The number of methoxy groups -OCH3 is 1. The zero-order valence-electron chi connectivity index (χ0n) is 9.27. The van der Waals surface area contributed by atoms with Gasteiger partial charge in [0.25, 0.3) is 0 Å². The fourth-order valence-corrected chi connectivity index (χ4v) is 1.56. The van der Waals surface area contributed by atoms with Crippen molar-refractivity contribution in [3.05, 3.63) is 36.1 Å². The molecular formula is C12H12FN3O. The fourth-order valence-electron chi connectivity index (χ4n) is 1.56. The van der Waals surface area contributed by atoms with Crippen LogP contribution in [0.15, 0.2) is 30.3 Å². The predicted octanol–water partition coefficient (Wildman–Crippen LogP) is 2.06. The number of aromatic nitrogens is 1. The highest BCUT2D eigenvalue weighted by Gasteiger charge is 2.10. The predicted molar refractivity (Wildman–Crippen MR) is 65.0 cm³/mol. The lowest BCUT2D eigenvalue weighted by atomic mass is 10.1. The molecule has 17 heavy (non-hydrogen) atoms. The smallest absolute Gasteiger partial charge is 0.237 e. The van der Waals surface area contributed by atoms with Crippen LogP contribution in [0.5, 0.6) is 5.88 Å². The van der Waals surface area contributed by atoms with Gasteiger partial charge in [0.1, 0.15) is 5.82 Å². The van der Waals surface area contributed by atoms with Crippen LogP contribution in [0.3, 0.4) is 0 Å². The number of nitrogens with zero attached hydrogens (tertiary/aromatic N) is 1. The van der Waals surface area contributed by atoms with E-state index in [1.54, 1.807) is 18.2 Å². The molecule has 0 saturated carbocycles. The van der Waals surface area contributed by atoms with Gasteiger partial charge in [0.15, 0.2) is 0 Å². The SMILES string of the molecule is COc1nc(-c2cccc(F)c2)c(N)cc1N. The van der Waals surface area contributed by atoms with E-state index in [0.717, 1.165) is 0 Å². The van der Waals surface area contributed by atoms with Crippen LogP contribution in [0.1, 0.15) is 0 Å². The topological polar surface area (TPSA) is 74.2 Å². The normalized spacial score (nSPS) is 10.2.